The normalized spacial score (nSPS) is 7.00. The minimum atomic E-state index is 0.891. The van der Waals surface area contributed by atoms with E-state index in [1.165, 1.54) is 0 Å². The molecular formula is C8H17N. The number of hydrogen-bond acceptors (Lipinski definition) is 1. The summed E-state index contributed by atoms with van der Waals surface area (Å²) in [6.07, 6.45) is 2.08. The number of aliphatic imine (C=N–C) groups is 1. The minimum absolute atomic E-state index is 0.891. The third-order valence-corrected chi connectivity index (χ3v) is 0.762. The molecule has 0 unspecified atom stereocenters. The van der Waals surface area contributed by atoms with Gasteiger partial charge in [0.25, 0.3) is 0 Å². The van der Waals surface area contributed by atoms with E-state index in [2.05, 4.69) is 25.2 Å². The first-order valence-corrected chi connectivity index (χ1v) is 3.45. The molecule has 1 heteroatoms. The molecule has 0 heterocycles. The Balaban J connectivity index is 0. The molecule has 0 atom stereocenters. The summed E-state index contributed by atoms with van der Waals surface area (Å²) in [4.78, 5) is 3.63. The minimum Gasteiger partial charge on any atom is -0.270 e. The van der Waals surface area contributed by atoms with Crippen molar-refractivity contribution in [1.82, 2.24) is 0 Å². The van der Waals surface area contributed by atoms with Gasteiger partial charge < -0.3 is 0 Å². The Hall–Kier alpha value is -0.590. The lowest BCUT2D eigenvalue weighted by atomic mass is 10.3. The van der Waals surface area contributed by atoms with Gasteiger partial charge in [-0.15, -0.1) is 0 Å². The van der Waals surface area contributed by atoms with Crippen LogP contribution in [0.3, 0.4) is 0 Å². The molecule has 0 N–H and O–H groups in total. The molecule has 0 radical (unpaired) electrons. The van der Waals surface area contributed by atoms with E-state index in [9.17, 15) is 0 Å². The second-order valence-corrected chi connectivity index (χ2v) is 1.47. The fraction of sp³-hybridized carbons (Fsp3) is 0.625. The molecule has 0 rings (SSSR count). The van der Waals surface area contributed by atoms with Crippen molar-refractivity contribution in [3.05, 3.63) is 12.3 Å². The highest BCUT2D eigenvalue weighted by Gasteiger charge is 1.81. The lowest BCUT2D eigenvalue weighted by Gasteiger charge is -1.89. The molecular weight excluding hydrogens is 110 g/mol. The Labute approximate surface area is 58.5 Å². The first-order chi connectivity index (χ1) is 4.31. The Morgan fingerprint density at radius 1 is 1.44 bits per heavy atom. The van der Waals surface area contributed by atoms with Gasteiger partial charge in [-0.3, -0.25) is 4.99 Å². The third kappa shape index (κ3) is 11.2. The van der Waals surface area contributed by atoms with Gasteiger partial charge in [-0.25, -0.2) is 0 Å². The van der Waals surface area contributed by atoms with Crippen LogP contribution in [-0.4, -0.2) is 6.72 Å². The molecule has 0 aromatic carbocycles. The summed E-state index contributed by atoms with van der Waals surface area (Å²) in [6, 6.07) is 0. The second-order valence-electron chi connectivity index (χ2n) is 1.47. The summed E-state index contributed by atoms with van der Waals surface area (Å²) in [5, 5.41) is 0. The molecule has 0 fully saturated rings. The summed E-state index contributed by atoms with van der Waals surface area (Å²) in [6.45, 7) is 13.1. The highest BCUT2D eigenvalue weighted by Crippen LogP contribution is 1.99. The van der Waals surface area contributed by atoms with Gasteiger partial charge in [0.05, 0.1) is 0 Å². The van der Waals surface area contributed by atoms with Gasteiger partial charge in [0.2, 0.25) is 0 Å². The fourth-order valence-corrected chi connectivity index (χ4v) is 0.368. The van der Waals surface area contributed by atoms with Crippen molar-refractivity contribution in [3.8, 4) is 0 Å². The monoisotopic (exact) mass is 127 g/mol. The summed E-state index contributed by atoms with van der Waals surface area (Å²) >= 11 is 0. The van der Waals surface area contributed by atoms with E-state index in [1.807, 2.05) is 13.8 Å². The number of hydrogen-bond donors (Lipinski definition) is 0. The first kappa shape index (κ1) is 11.2. The molecule has 0 spiro atoms. The van der Waals surface area contributed by atoms with Gasteiger partial charge in [0.15, 0.2) is 0 Å². The summed E-state index contributed by atoms with van der Waals surface area (Å²) < 4.78 is 0. The first-order valence-electron chi connectivity index (χ1n) is 3.45. The van der Waals surface area contributed by atoms with Crippen LogP contribution < -0.4 is 0 Å². The van der Waals surface area contributed by atoms with Crippen LogP contribution in [0.5, 0.6) is 0 Å². The Morgan fingerprint density at radius 2 is 1.89 bits per heavy atom. The maximum absolute atomic E-state index is 3.63. The lowest BCUT2D eigenvalue weighted by molar-refractivity contribution is 0.900. The van der Waals surface area contributed by atoms with Gasteiger partial charge in [-0.2, -0.15) is 0 Å². The highest BCUT2D eigenvalue weighted by molar-refractivity contribution is 5.27. The van der Waals surface area contributed by atoms with Gasteiger partial charge in [-0.05, 0) is 13.1 Å². The van der Waals surface area contributed by atoms with Crippen LogP contribution in [-0.2, 0) is 0 Å². The zero-order chi connectivity index (χ0) is 7.70. The average Bonchev–Trinajstić information content (AvgIpc) is 1.93. The second kappa shape index (κ2) is 10.4. The van der Waals surface area contributed by atoms with E-state index in [1.54, 1.807) is 0 Å². The molecule has 9 heavy (non-hydrogen) atoms. The lowest BCUT2D eigenvalue weighted by Crippen LogP contribution is -1.70. The van der Waals surface area contributed by atoms with Crippen LogP contribution in [0.2, 0.25) is 0 Å². The van der Waals surface area contributed by atoms with Crippen molar-refractivity contribution in [1.29, 1.82) is 0 Å². The Morgan fingerprint density at radius 3 is 2.00 bits per heavy atom. The number of nitrogens with zero attached hydrogens (tertiary/aromatic N) is 1. The predicted octanol–water partition coefficient (Wildman–Crippen LogP) is 3.03. The number of allylic oxidation sites excluding steroid dienone is 1. The van der Waals surface area contributed by atoms with Gasteiger partial charge >= 0.3 is 0 Å². The van der Waals surface area contributed by atoms with Crippen molar-refractivity contribution >= 4 is 6.72 Å². The average molecular weight is 127 g/mol. The predicted molar refractivity (Wildman–Crippen MR) is 44.9 cm³/mol. The summed E-state index contributed by atoms with van der Waals surface area (Å²) in [7, 11) is 0. The van der Waals surface area contributed by atoms with Crippen molar-refractivity contribution in [3.63, 3.8) is 0 Å². The quantitative estimate of drug-likeness (QED) is 0.517. The topological polar surface area (TPSA) is 12.4 Å². The number of rotatable bonds is 3. The molecule has 0 saturated carbocycles. The maximum Gasteiger partial charge on any atom is 0.0324 e. The SMILES string of the molecule is C=NC(=C)CCC.CC. The zero-order valence-electron chi connectivity index (χ0n) is 6.78. The molecule has 0 aliphatic carbocycles. The van der Waals surface area contributed by atoms with E-state index in [4.69, 9.17) is 0 Å². The van der Waals surface area contributed by atoms with E-state index in [0.29, 0.717) is 0 Å². The standard InChI is InChI=1S/C6H11N.C2H6/c1-4-5-6(2)7-3;1-2/h2-5H2,1H3;1-2H3. The fourth-order valence-electron chi connectivity index (χ4n) is 0.368. The molecule has 0 aliphatic rings. The molecule has 0 aliphatic heterocycles. The summed E-state index contributed by atoms with van der Waals surface area (Å²) in [5.41, 5.74) is 0.891. The Bertz CT molecular complexity index is 74.6. The van der Waals surface area contributed by atoms with Crippen molar-refractivity contribution in [2.45, 2.75) is 33.6 Å². The van der Waals surface area contributed by atoms with E-state index in [0.717, 1.165) is 18.5 Å². The Kier molecular flexibility index (Phi) is 13.0. The third-order valence-electron chi connectivity index (χ3n) is 0.762. The maximum atomic E-state index is 3.63. The highest BCUT2D eigenvalue weighted by atomic mass is 14.7. The van der Waals surface area contributed by atoms with Gasteiger partial charge in [0.1, 0.15) is 0 Å². The van der Waals surface area contributed by atoms with E-state index in [-0.39, 0.29) is 0 Å². The van der Waals surface area contributed by atoms with Crippen LogP contribution in [0.15, 0.2) is 17.3 Å². The molecule has 0 aromatic heterocycles. The molecule has 0 amide bonds. The van der Waals surface area contributed by atoms with Gasteiger partial charge in [0, 0.05) is 5.70 Å². The van der Waals surface area contributed by atoms with Crippen molar-refractivity contribution in [2.24, 2.45) is 4.99 Å². The van der Waals surface area contributed by atoms with Crippen molar-refractivity contribution in [2.75, 3.05) is 0 Å². The molecule has 54 valence electrons. The molecule has 0 bridgehead atoms. The van der Waals surface area contributed by atoms with E-state index >= 15 is 0 Å². The van der Waals surface area contributed by atoms with Crippen LogP contribution in [0.25, 0.3) is 0 Å². The zero-order valence-corrected chi connectivity index (χ0v) is 6.78. The summed E-state index contributed by atoms with van der Waals surface area (Å²) in [5.74, 6) is 0. The van der Waals surface area contributed by atoms with Crippen LogP contribution in [0.1, 0.15) is 33.6 Å². The smallest absolute Gasteiger partial charge is 0.0324 e. The largest absolute Gasteiger partial charge is 0.270 e. The molecule has 0 saturated heterocycles. The molecule has 0 aromatic rings. The van der Waals surface area contributed by atoms with Crippen molar-refractivity contribution < 1.29 is 0 Å². The van der Waals surface area contributed by atoms with Crippen LogP contribution in [0.4, 0.5) is 0 Å². The van der Waals surface area contributed by atoms with E-state index < -0.39 is 0 Å². The molecule has 1 nitrogen and oxygen atoms in total. The van der Waals surface area contributed by atoms with Gasteiger partial charge in [-0.1, -0.05) is 33.8 Å². The van der Waals surface area contributed by atoms with Crippen LogP contribution >= 0.6 is 0 Å². The van der Waals surface area contributed by atoms with Crippen LogP contribution in [0, 0.1) is 0 Å².